The van der Waals surface area contributed by atoms with Crippen molar-refractivity contribution in [3.05, 3.63) is 29.8 Å². The summed E-state index contributed by atoms with van der Waals surface area (Å²) in [5.74, 6) is -1.27. The van der Waals surface area contributed by atoms with Crippen LogP contribution in [0.15, 0.2) is 18.2 Å². The van der Waals surface area contributed by atoms with Crippen molar-refractivity contribution in [1.82, 2.24) is 5.32 Å². The highest BCUT2D eigenvalue weighted by Gasteiger charge is 2.46. The summed E-state index contributed by atoms with van der Waals surface area (Å²) >= 11 is 0. The Balaban J connectivity index is 1.62. The van der Waals surface area contributed by atoms with Gasteiger partial charge < -0.3 is 10.1 Å². The fraction of sp³-hybridized carbons (Fsp3) is 0.538. The molecule has 0 saturated heterocycles. The van der Waals surface area contributed by atoms with Gasteiger partial charge in [0.15, 0.2) is 11.6 Å². The molecule has 1 N–H and O–H groups in total. The van der Waals surface area contributed by atoms with Gasteiger partial charge in [0, 0.05) is 18.7 Å². The van der Waals surface area contributed by atoms with Gasteiger partial charge in [-0.2, -0.15) is 0 Å². The molecule has 0 amide bonds. The molecule has 0 spiro atoms. The molecule has 0 aliphatic heterocycles. The maximum Gasteiger partial charge on any atom is 0.162 e. The number of ether oxygens (including phenoxy) is 1. The van der Waals surface area contributed by atoms with E-state index in [0.29, 0.717) is 11.8 Å². The molecule has 1 aromatic rings. The molecule has 0 unspecified atom stereocenters. The zero-order valence-electron chi connectivity index (χ0n) is 9.51. The molecular formula is C13H15F2NO. The quantitative estimate of drug-likeness (QED) is 0.852. The minimum absolute atomic E-state index is 0.188. The molecule has 2 saturated carbocycles. The summed E-state index contributed by atoms with van der Waals surface area (Å²) in [7, 11) is 0. The maximum atomic E-state index is 13.0. The standard InChI is InChI=1S/C13H15F2NO/c14-11-4-3-10(7-12(11)15)17-13(5-6-13)8-16-9-1-2-9/h3-4,7,9,16H,1-2,5-6,8H2. The van der Waals surface area contributed by atoms with E-state index in [-0.39, 0.29) is 5.60 Å². The first-order valence-electron chi connectivity index (χ1n) is 6.04. The molecule has 2 fully saturated rings. The van der Waals surface area contributed by atoms with E-state index in [1.807, 2.05) is 0 Å². The third kappa shape index (κ3) is 2.57. The monoisotopic (exact) mass is 239 g/mol. The third-order valence-electron chi connectivity index (χ3n) is 3.32. The molecule has 2 nitrogen and oxygen atoms in total. The summed E-state index contributed by atoms with van der Waals surface area (Å²) in [5, 5.41) is 3.41. The molecule has 0 heterocycles. The van der Waals surface area contributed by atoms with Gasteiger partial charge in [-0.1, -0.05) is 0 Å². The molecule has 2 aliphatic rings. The van der Waals surface area contributed by atoms with Crippen molar-refractivity contribution < 1.29 is 13.5 Å². The highest BCUT2D eigenvalue weighted by molar-refractivity contribution is 5.25. The lowest BCUT2D eigenvalue weighted by Gasteiger charge is -2.18. The van der Waals surface area contributed by atoms with Crippen molar-refractivity contribution in [2.45, 2.75) is 37.3 Å². The Morgan fingerprint density at radius 2 is 2.00 bits per heavy atom. The topological polar surface area (TPSA) is 21.3 Å². The van der Waals surface area contributed by atoms with Crippen LogP contribution in [0.3, 0.4) is 0 Å². The van der Waals surface area contributed by atoms with Gasteiger partial charge in [0.1, 0.15) is 11.4 Å². The van der Waals surface area contributed by atoms with E-state index < -0.39 is 11.6 Å². The maximum absolute atomic E-state index is 13.0. The summed E-state index contributed by atoms with van der Waals surface area (Å²) in [6, 6.07) is 4.35. The highest BCUT2D eigenvalue weighted by Crippen LogP contribution is 2.40. The molecule has 0 atom stereocenters. The van der Waals surface area contributed by atoms with E-state index in [9.17, 15) is 8.78 Å². The van der Waals surface area contributed by atoms with Gasteiger partial charge in [0.25, 0.3) is 0 Å². The van der Waals surface area contributed by atoms with E-state index in [1.165, 1.54) is 18.9 Å². The van der Waals surface area contributed by atoms with Gasteiger partial charge in [0.2, 0.25) is 0 Å². The van der Waals surface area contributed by atoms with E-state index in [0.717, 1.165) is 31.5 Å². The predicted octanol–water partition coefficient (Wildman–Crippen LogP) is 2.63. The first-order valence-corrected chi connectivity index (χ1v) is 6.04. The van der Waals surface area contributed by atoms with Crippen molar-refractivity contribution >= 4 is 0 Å². The van der Waals surface area contributed by atoms with Crippen molar-refractivity contribution in [2.24, 2.45) is 0 Å². The average molecular weight is 239 g/mol. The predicted molar refractivity (Wildman–Crippen MR) is 60.0 cm³/mol. The van der Waals surface area contributed by atoms with E-state index in [4.69, 9.17) is 4.74 Å². The van der Waals surface area contributed by atoms with Crippen LogP contribution in [-0.2, 0) is 0 Å². The second-order valence-electron chi connectivity index (χ2n) is 5.02. The van der Waals surface area contributed by atoms with E-state index >= 15 is 0 Å². The van der Waals surface area contributed by atoms with Crippen LogP contribution in [0.1, 0.15) is 25.7 Å². The zero-order valence-corrected chi connectivity index (χ0v) is 9.51. The largest absolute Gasteiger partial charge is 0.486 e. The van der Waals surface area contributed by atoms with E-state index in [1.54, 1.807) is 0 Å². The molecular weight excluding hydrogens is 224 g/mol. The van der Waals surface area contributed by atoms with Crippen molar-refractivity contribution in [3.63, 3.8) is 0 Å². The Hall–Kier alpha value is -1.16. The summed E-state index contributed by atoms with van der Waals surface area (Å²) < 4.78 is 31.6. The lowest BCUT2D eigenvalue weighted by Crippen LogP contribution is -2.34. The number of halogens is 2. The molecule has 0 bridgehead atoms. The first kappa shape index (κ1) is 11.0. The van der Waals surface area contributed by atoms with Crippen LogP contribution in [0.2, 0.25) is 0 Å². The van der Waals surface area contributed by atoms with Crippen LogP contribution >= 0.6 is 0 Å². The second kappa shape index (κ2) is 3.95. The van der Waals surface area contributed by atoms with Gasteiger partial charge in [0.05, 0.1) is 0 Å². The fourth-order valence-electron chi connectivity index (χ4n) is 1.86. The summed E-state index contributed by atoms with van der Waals surface area (Å²) in [6.07, 6.45) is 4.43. The van der Waals surface area contributed by atoms with E-state index in [2.05, 4.69) is 5.32 Å². The number of nitrogens with one attached hydrogen (secondary N) is 1. The van der Waals surface area contributed by atoms with Crippen LogP contribution in [0.25, 0.3) is 0 Å². The zero-order chi connectivity index (χ0) is 11.9. The van der Waals surface area contributed by atoms with Crippen molar-refractivity contribution in [3.8, 4) is 5.75 Å². The normalized spacial score (nSPS) is 21.3. The molecule has 3 rings (SSSR count). The summed E-state index contributed by atoms with van der Waals surface area (Å²) in [5.41, 5.74) is -0.188. The van der Waals surface area contributed by atoms with Crippen LogP contribution in [0, 0.1) is 11.6 Å². The third-order valence-corrected chi connectivity index (χ3v) is 3.32. The second-order valence-corrected chi connectivity index (χ2v) is 5.02. The number of benzene rings is 1. The van der Waals surface area contributed by atoms with Gasteiger partial charge in [-0.3, -0.25) is 0 Å². The SMILES string of the molecule is Fc1ccc(OC2(CNC3CC3)CC2)cc1F. The Morgan fingerprint density at radius 3 is 2.59 bits per heavy atom. The molecule has 4 heteroatoms. The minimum Gasteiger partial charge on any atom is -0.486 e. The lowest BCUT2D eigenvalue weighted by molar-refractivity contribution is 0.174. The van der Waals surface area contributed by atoms with Crippen LogP contribution in [0.4, 0.5) is 8.78 Å². The molecule has 92 valence electrons. The number of hydrogen-bond acceptors (Lipinski definition) is 2. The average Bonchev–Trinajstić information content (AvgIpc) is 3.17. The van der Waals surface area contributed by atoms with Crippen molar-refractivity contribution in [1.29, 1.82) is 0 Å². The number of rotatable bonds is 5. The summed E-state index contributed by atoms with van der Waals surface area (Å²) in [6.45, 7) is 0.802. The molecule has 17 heavy (non-hydrogen) atoms. The molecule has 0 radical (unpaired) electrons. The van der Waals surface area contributed by atoms with Gasteiger partial charge in [-0.25, -0.2) is 8.78 Å². The Kier molecular flexibility index (Phi) is 2.54. The molecule has 0 aromatic heterocycles. The summed E-state index contributed by atoms with van der Waals surface area (Å²) in [4.78, 5) is 0. The van der Waals surface area contributed by atoms with Crippen LogP contribution in [0.5, 0.6) is 5.75 Å². The van der Waals surface area contributed by atoms with Crippen molar-refractivity contribution in [2.75, 3.05) is 6.54 Å². The minimum atomic E-state index is -0.853. The number of hydrogen-bond donors (Lipinski definition) is 1. The highest BCUT2D eigenvalue weighted by atomic mass is 19.2. The Bertz CT molecular complexity index is 427. The Labute approximate surface area is 99.0 Å². The molecule has 2 aliphatic carbocycles. The van der Waals surface area contributed by atoms with Crippen LogP contribution in [-0.4, -0.2) is 18.2 Å². The Morgan fingerprint density at radius 1 is 1.24 bits per heavy atom. The molecule has 1 aromatic carbocycles. The van der Waals surface area contributed by atoms with Crippen LogP contribution < -0.4 is 10.1 Å². The smallest absolute Gasteiger partial charge is 0.162 e. The van der Waals surface area contributed by atoms with Gasteiger partial charge in [-0.15, -0.1) is 0 Å². The van der Waals surface area contributed by atoms with Gasteiger partial charge >= 0.3 is 0 Å². The fourth-order valence-corrected chi connectivity index (χ4v) is 1.86. The lowest BCUT2D eigenvalue weighted by atomic mass is 10.3. The van der Waals surface area contributed by atoms with Gasteiger partial charge in [-0.05, 0) is 37.8 Å². The first-order chi connectivity index (χ1) is 8.17.